The summed E-state index contributed by atoms with van der Waals surface area (Å²) in [6.07, 6.45) is 14.0. The van der Waals surface area contributed by atoms with E-state index in [0.717, 1.165) is 64.2 Å². The molecule has 14 N–H and O–H groups in total. The zero-order valence-corrected chi connectivity index (χ0v) is 50.7. The molecule has 16 nitrogen and oxygen atoms in total. The first kappa shape index (κ1) is 63.3. The Labute approximate surface area is 490 Å². The van der Waals surface area contributed by atoms with Crippen molar-refractivity contribution in [2.24, 2.45) is 104 Å². The Morgan fingerprint density at radius 2 is 0.890 bits per heavy atom. The number of fused-ring (bicyclic) bond motifs is 10. The fourth-order valence-corrected chi connectivity index (χ4v) is 20.5. The molecule has 0 bridgehead atoms. The Balaban J connectivity index is 0.753. The average Bonchev–Trinajstić information content (AvgIpc) is 2.50. The van der Waals surface area contributed by atoms with E-state index in [9.17, 15) is 49.8 Å². The van der Waals surface area contributed by atoms with Gasteiger partial charge in [0, 0.05) is 24.2 Å². The first-order valence-electron chi connectivity index (χ1n) is 32.8. The van der Waals surface area contributed by atoms with Crippen molar-refractivity contribution in [3.63, 3.8) is 0 Å². The predicted molar refractivity (Wildman–Crippen MR) is 318 cm³/mol. The maximum Gasteiger partial charge on any atom is 0.246 e. The van der Waals surface area contributed by atoms with Crippen LogP contribution in [0.4, 0.5) is 11.4 Å². The number of anilines is 2. The summed E-state index contributed by atoms with van der Waals surface area (Å²) >= 11 is 0. The number of unbranched alkanes of at least 4 members (excludes halogenated alkanes) is 2. The van der Waals surface area contributed by atoms with Gasteiger partial charge in [0.05, 0.1) is 36.6 Å². The second-order valence-electron chi connectivity index (χ2n) is 29.4. The highest BCUT2D eigenvalue weighted by atomic mass is 16.3. The summed E-state index contributed by atoms with van der Waals surface area (Å²) in [5.74, 6) is 1.10. The molecule has 16 heteroatoms. The average molecular weight is 1150 g/mol. The lowest BCUT2D eigenvalue weighted by Crippen LogP contribution is -2.62. The van der Waals surface area contributed by atoms with Crippen LogP contribution >= 0.6 is 0 Å². The summed E-state index contributed by atoms with van der Waals surface area (Å²) in [7, 11) is 0. The SMILES string of the molecule is C[C@H](CCC(=O)N[C@@H](CCCCN)C(=O)Nc1ccc(NC(=O)[C@H](CCCCN)NC(=O)CC[C@@H](C)[C@H]2CC[C@H]3[C@@H]4[C@H](O)C[C@@H]5C[C@H](O)CC[C@]5(C)[C@H]4C[C@H](O)[C@]23C)cc1)[C@H]1CC[C@H]2[C@@H]3[C@H](O)C[C@@H]4C[C@H](O)CC[C@]4(C)[C@H]3C[C@H](O)[C@]12C. The molecule has 8 aliphatic rings. The van der Waals surface area contributed by atoms with Crippen LogP contribution in [0, 0.1) is 92.7 Å². The van der Waals surface area contributed by atoms with Crippen molar-refractivity contribution in [2.45, 2.75) is 244 Å². The van der Waals surface area contributed by atoms with Gasteiger partial charge in [0.2, 0.25) is 23.6 Å². The summed E-state index contributed by atoms with van der Waals surface area (Å²) in [5.41, 5.74) is 11.9. The molecule has 8 fully saturated rings. The topological polar surface area (TPSA) is 290 Å². The molecule has 4 amide bonds. The Bertz CT molecular complexity index is 2200. The smallest absolute Gasteiger partial charge is 0.246 e. The molecule has 1 aromatic rings. The summed E-state index contributed by atoms with van der Waals surface area (Å²) in [4.78, 5) is 55.3. The van der Waals surface area contributed by atoms with Crippen LogP contribution in [0.25, 0.3) is 0 Å². The Kier molecular flexibility index (Phi) is 20.1. The molecule has 8 saturated carbocycles. The summed E-state index contributed by atoms with van der Waals surface area (Å²) < 4.78 is 0. The number of rotatable bonds is 22. The molecule has 0 saturated heterocycles. The van der Waals surface area contributed by atoms with Gasteiger partial charge in [0.15, 0.2) is 0 Å². The lowest BCUT2D eigenvalue weighted by atomic mass is 9.43. The van der Waals surface area contributed by atoms with Crippen LogP contribution in [0.5, 0.6) is 0 Å². The number of hydrogen-bond acceptors (Lipinski definition) is 12. The minimum Gasteiger partial charge on any atom is -0.393 e. The fourth-order valence-electron chi connectivity index (χ4n) is 20.5. The number of carbonyl (C=O) groups excluding carboxylic acids is 4. The van der Waals surface area contributed by atoms with Gasteiger partial charge in [0.1, 0.15) is 12.1 Å². The number of nitrogens with one attached hydrogen (secondary N) is 4. The highest BCUT2D eigenvalue weighted by Gasteiger charge is 2.67. The van der Waals surface area contributed by atoms with Gasteiger partial charge in [-0.15, -0.1) is 0 Å². The van der Waals surface area contributed by atoms with Gasteiger partial charge in [-0.25, -0.2) is 0 Å². The van der Waals surface area contributed by atoms with Crippen LogP contribution in [0.3, 0.4) is 0 Å². The molecule has 0 radical (unpaired) electrons. The van der Waals surface area contributed by atoms with E-state index in [-0.39, 0.29) is 141 Å². The van der Waals surface area contributed by atoms with Gasteiger partial charge in [-0.3, -0.25) is 19.2 Å². The second kappa shape index (κ2) is 26.0. The summed E-state index contributed by atoms with van der Waals surface area (Å²) in [6, 6.07) is 5.21. The number of aliphatic hydroxyl groups is 6. The molecular formula is C66H108N6O10. The lowest BCUT2D eigenvalue weighted by molar-refractivity contribution is -0.207. The van der Waals surface area contributed by atoms with Crippen molar-refractivity contribution >= 4 is 35.0 Å². The molecule has 24 atom stereocenters. The number of nitrogens with two attached hydrogens (primary N) is 2. The Morgan fingerprint density at radius 1 is 0.512 bits per heavy atom. The Morgan fingerprint density at radius 3 is 1.26 bits per heavy atom. The molecule has 1 aromatic carbocycles. The third kappa shape index (κ3) is 12.4. The van der Waals surface area contributed by atoms with Gasteiger partial charge >= 0.3 is 0 Å². The number of aliphatic hydroxyl groups excluding tert-OH is 6. The molecule has 0 unspecified atom stereocenters. The van der Waals surface area contributed by atoms with Crippen molar-refractivity contribution in [2.75, 3.05) is 23.7 Å². The van der Waals surface area contributed by atoms with Gasteiger partial charge in [-0.1, -0.05) is 41.5 Å². The van der Waals surface area contributed by atoms with E-state index in [1.165, 1.54) is 0 Å². The Hall–Kier alpha value is -3.22. The van der Waals surface area contributed by atoms with Crippen LogP contribution in [-0.4, -0.2) is 116 Å². The maximum atomic E-state index is 13.9. The third-order valence-corrected chi connectivity index (χ3v) is 25.3. The number of hydrogen-bond donors (Lipinski definition) is 12. The van der Waals surface area contributed by atoms with Crippen LogP contribution in [0.15, 0.2) is 24.3 Å². The van der Waals surface area contributed by atoms with Crippen molar-refractivity contribution in [3.8, 4) is 0 Å². The quantitative estimate of drug-likeness (QED) is 0.0502. The zero-order valence-electron chi connectivity index (χ0n) is 50.7. The highest BCUT2D eigenvalue weighted by molar-refractivity contribution is 5.99. The van der Waals surface area contributed by atoms with Crippen molar-refractivity contribution < 1.29 is 49.8 Å². The van der Waals surface area contributed by atoms with E-state index in [2.05, 4.69) is 62.8 Å². The van der Waals surface area contributed by atoms with Gasteiger partial charge < -0.3 is 63.4 Å². The van der Waals surface area contributed by atoms with Crippen LogP contribution < -0.4 is 32.7 Å². The van der Waals surface area contributed by atoms with E-state index in [4.69, 9.17) is 11.5 Å². The second-order valence-corrected chi connectivity index (χ2v) is 29.4. The zero-order chi connectivity index (χ0) is 59.1. The third-order valence-electron chi connectivity index (χ3n) is 25.3. The molecule has 9 rings (SSSR count). The van der Waals surface area contributed by atoms with E-state index >= 15 is 0 Å². The van der Waals surface area contributed by atoms with Crippen molar-refractivity contribution in [1.29, 1.82) is 0 Å². The van der Waals surface area contributed by atoms with Gasteiger partial charge in [0.25, 0.3) is 0 Å². The van der Waals surface area contributed by atoms with E-state index in [1.807, 2.05) is 0 Å². The highest BCUT2D eigenvalue weighted by Crippen LogP contribution is 2.70. The first-order chi connectivity index (χ1) is 39.0. The molecule has 0 aromatic heterocycles. The monoisotopic (exact) mass is 1140 g/mol. The molecule has 0 spiro atoms. The van der Waals surface area contributed by atoms with Crippen LogP contribution in [0.1, 0.15) is 196 Å². The van der Waals surface area contributed by atoms with Crippen LogP contribution in [0.2, 0.25) is 0 Å². The lowest BCUT2D eigenvalue weighted by Gasteiger charge is -2.63. The maximum absolute atomic E-state index is 13.9. The van der Waals surface area contributed by atoms with Crippen molar-refractivity contribution in [3.05, 3.63) is 24.3 Å². The summed E-state index contributed by atoms with van der Waals surface area (Å²) in [5, 5.41) is 80.7. The van der Waals surface area contributed by atoms with Gasteiger partial charge in [-0.05, 0) is 271 Å². The largest absolute Gasteiger partial charge is 0.393 e. The van der Waals surface area contributed by atoms with E-state index in [1.54, 1.807) is 24.3 Å². The predicted octanol–water partition coefficient (Wildman–Crippen LogP) is 7.55. The molecule has 0 aliphatic heterocycles. The normalized spacial score (nSPS) is 41.6. The molecular weight excluding hydrogens is 1040 g/mol. The van der Waals surface area contributed by atoms with Crippen LogP contribution in [-0.2, 0) is 19.2 Å². The van der Waals surface area contributed by atoms with Crippen molar-refractivity contribution in [1.82, 2.24) is 10.6 Å². The van der Waals surface area contributed by atoms with E-state index < -0.39 is 36.5 Å². The first-order valence-corrected chi connectivity index (χ1v) is 32.8. The number of amides is 4. The standard InChI is InChI=1S/C66H108N6O10/c1-37(45-19-21-47-59-49(35-55(77)65(45,47)5)63(3)27-25-43(73)31-39(63)33-53(59)75)13-23-57(79)71-51(11-7-9-29-67)61(81)69-41-15-17-42(18-16-41)70-62(82)52(12-8-10-30-68)72-58(80)24-14-38(2)46-20-22-48-60-50(36-56(78)66(46,48)6)64(4)28-26-44(74)32-40(64)34-54(60)76/h15-18,37-40,43-56,59-60,73-78H,7-14,19-36,67-68H2,1-6H3,(H,69,81)(H,70,82)(H,71,79)(H,72,80)/t37-,38-,39+,40+,43-,44-,45-,46-,47+,48+,49+,50+,51+,52+,53-,54-,55+,56+,59+,60+,63+,64+,65-,66-/m1/s1. The fraction of sp³-hybridized carbons (Fsp3) is 0.848. The number of carbonyl (C=O) groups is 4. The molecule has 462 valence electrons. The molecule has 82 heavy (non-hydrogen) atoms. The number of benzene rings is 1. The molecule has 8 aliphatic carbocycles. The minimum absolute atomic E-state index is 0.000656. The minimum atomic E-state index is -0.792. The summed E-state index contributed by atoms with van der Waals surface area (Å²) in [6.45, 7) is 14.5. The van der Waals surface area contributed by atoms with E-state index in [0.29, 0.717) is 102 Å². The molecule has 0 heterocycles. The van der Waals surface area contributed by atoms with Gasteiger partial charge in [-0.2, -0.15) is 0 Å².